The molecule has 1 saturated heterocycles. The molecule has 43 heavy (non-hydrogen) atoms. The van der Waals surface area contributed by atoms with Gasteiger partial charge in [-0.15, -0.1) is 0 Å². The van der Waals surface area contributed by atoms with Crippen molar-refractivity contribution < 1.29 is 23.4 Å². The molecule has 0 radical (unpaired) electrons. The predicted molar refractivity (Wildman–Crippen MR) is 161 cm³/mol. The number of phenols is 1. The lowest BCUT2D eigenvalue weighted by molar-refractivity contribution is -0.127. The molecule has 2 aromatic carbocycles. The van der Waals surface area contributed by atoms with Crippen molar-refractivity contribution in [3.05, 3.63) is 83.4 Å². The van der Waals surface area contributed by atoms with Gasteiger partial charge < -0.3 is 20.1 Å². The summed E-state index contributed by atoms with van der Waals surface area (Å²) in [5.74, 6) is -1.14. The highest BCUT2D eigenvalue weighted by molar-refractivity contribution is 6.32. The molecule has 226 valence electrons. The Labute approximate surface area is 254 Å². The minimum absolute atomic E-state index is 0.0249. The molecule has 1 aliphatic heterocycles. The maximum Gasteiger partial charge on any atom is 0.224 e. The van der Waals surface area contributed by atoms with Gasteiger partial charge in [0.05, 0.1) is 22.3 Å². The van der Waals surface area contributed by atoms with Crippen molar-refractivity contribution in [2.45, 2.75) is 32.1 Å². The fourth-order valence-electron chi connectivity index (χ4n) is 5.16. The molecular formula is C32H34ClF2N5O3. The summed E-state index contributed by atoms with van der Waals surface area (Å²) in [5.41, 5.74) is 2.46. The van der Waals surface area contributed by atoms with Crippen LogP contribution >= 0.6 is 11.6 Å². The number of aromatic amines is 1. The molecule has 1 aliphatic rings. The Morgan fingerprint density at radius 3 is 2.67 bits per heavy atom. The Morgan fingerprint density at radius 1 is 1.14 bits per heavy atom. The third-order valence-corrected chi connectivity index (χ3v) is 8.00. The molecule has 0 bridgehead atoms. The van der Waals surface area contributed by atoms with E-state index in [4.69, 9.17) is 21.3 Å². The number of benzene rings is 2. The monoisotopic (exact) mass is 609 g/mol. The van der Waals surface area contributed by atoms with Crippen LogP contribution in [0.25, 0.3) is 22.5 Å². The Balaban J connectivity index is 1.22. The Bertz CT molecular complexity index is 1580. The van der Waals surface area contributed by atoms with Crippen LogP contribution in [0.4, 0.5) is 8.78 Å². The van der Waals surface area contributed by atoms with Gasteiger partial charge >= 0.3 is 0 Å². The maximum absolute atomic E-state index is 13.4. The Hall–Kier alpha value is -4.02. The van der Waals surface area contributed by atoms with E-state index in [-0.39, 0.29) is 28.3 Å². The van der Waals surface area contributed by atoms with Crippen LogP contribution in [0.3, 0.4) is 0 Å². The van der Waals surface area contributed by atoms with Crippen molar-refractivity contribution in [2.24, 2.45) is 5.92 Å². The highest BCUT2D eigenvalue weighted by Crippen LogP contribution is 2.36. The minimum atomic E-state index is -0.946. The van der Waals surface area contributed by atoms with Gasteiger partial charge in [0.15, 0.2) is 11.6 Å². The molecule has 0 aliphatic carbocycles. The van der Waals surface area contributed by atoms with Gasteiger partial charge in [0.1, 0.15) is 23.9 Å². The van der Waals surface area contributed by atoms with Crippen molar-refractivity contribution in [3.63, 3.8) is 0 Å². The molecular weight excluding hydrogens is 576 g/mol. The number of carbonyl (C=O) groups excluding carboxylic acids is 1. The Kier molecular flexibility index (Phi) is 9.27. The second-order valence-corrected chi connectivity index (χ2v) is 11.8. The van der Waals surface area contributed by atoms with E-state index in [9.17, 15) is 18.7 Å². The number of ether oxygens (including phenoxy) is 1. The molecule has 5 rings (SSSR count). The van der Waals surface area contributed by atoms with E-state index in [1.807, 2.05) is 26.0 Å². The molecule has 3 N–H and O–H groups in total. The van der Waals surface area contributed by atoms with Crippen LogP contribution in [0.2, 0.25) is 5.02 Å². The largest absolute Gasteiger partial charge is 0.506 e. The summed E-state index contributed by atoms with van der Waals surface area (Å²) >= 11 is 6.05. The SMILES string of the molecule is CC(C)(CNC(=O)[C@@H]1CCCN(CCOc2ccc(F)c(F)c2)C1)c1nc(-c2ccc(Cl)c(O)c2)c(-c2ccncc2)[nH]1. The third kappa shape index (κ3) is 7.32. The van der Waals surface area contributed by atoms with E-state index in [1.165, 1.54) is 6.07 Å². The zero-order valence-electron chi connectivity index (χ0n) is 24.0. The maximum atomic E-state index is 13.4. The summed E-state index contributed by atoms with van der Waals surface area (Å²) in [6, 6.07) is 12.2. The number of phenolic OH excluding ortho intramolecular Hbond substituents is 1. The number of nitrogens with zero attached hydrogens (tertiary/aromatic N) is 3. The highest BCUT2D eigenvalue weighted by Gasteiger charge is 2.31. The van der Waals surface area contributed by atoms with E-state index in [2.05, 4.69) is 20.2 Å². The second kappa shape index (κ2) is 13.1. The highest BCUT2D eigenvalue weighted by atomic mass is 35.5. The van der Waals surface area contributed by atoms with Gasteiger partial charge in [-0.05, 0) is 55.8 Å². The van der Waals surface area contributed by atoms with E-state index in [0.717, 1.165) is 42.8 Å². The first-order chi connectivity index (χ1) is 20.6. The molecule has 4 aromatic rings. The van der Waals surface area contributed by atoms with E-state index in [1.54, 1.807) is 30.6 Å². The smallest absolute Gasteiger partial charge is 0.224 e. The number of aromatic nitrogens is 3. The normalized spacial score (nSPS) is 15.8. The molecule has 0 unspecified atom stereocenters. The van der Waals surface area contributed by atoms with Crippen LogP contribution in [0, 0.1) is 17.6 Å². The number of hydrogen-bond donors (Lipinski definition) is 3. The fourth-order valence-corrected chi connectivity index (χ4v) is 5.28. The van der Waals surface area contributed by atoms with E-state index >= 15 is 0 Å². The van der Waals surface area contributed by atoms with Gasteiger partial charge in [-0.3, -0.25) is 14.7 Å². The van der Waals surface area contributed by atoms with Gasteiger partial charge in [0, 0.05) is 54.6 Å². The fraction of sp³-hybridized carbons (Fsp3) is 0.344. The first-order valence-corrected chi connectivity index (χ1v) is 14.6. The average molecular weight is 610 g/mol. The van der Waals surface area contributed by atoms with Crippen molar-refractivity contribution in [2.75, 3.05) is 32.8 Å². The summed E-state index contributed by atoms with van der Waals surface area (Å²) in [4.78, 5) is 27.9. The number of nitrogens with one attached hydrogen (secondary N) is 2. The summed E-state index contributed by atoms with van der Waals surface area (Å²) in [6.45, 7) is 6.67. The number of rotatable bonds is 10. The van der Waals surface area contributed by atoms with Crippen molar-refractivity contribution in [1.29, 1.82) is 0 Å². The number of piperidine rings is 1. The van der Waals surface area contributed by atoms with Gasteiger partial charge in [-0.2, -0.15) is 0 Å². The number of likely N-dealkylation sites (tertiary alicyclic amines) is 1. The molecule has 1 fully saturated rings. The van der Waals surface area contributed by atoms with Crippen molar-refractivity contribution >= 4 is 17.5 Å². The number of carbonyl (C=O) groups is 1. The number of imidazole rings is 1. The molecule has 3 heterocycles. The lowest BCUT2D eigenvalue weighted by Crippen LogP contribution is -2.46. The van der Waals surface area contributed by atoms with Crippen molar-refractivity contribution in [1.82, 2.24) is 25.2 Å². The Morgan fingerprint density at radius 2 is 1.93 bits per heavy atom. The number of H-pyrrole nitrogens is 1. The molecule has 2 aromatic heterocycles. The van der Waals surface area contributed by atoms with Crippen LogP contribution in [0.5, 0.6) is 11.5 Å². The predicted octanol–water partition coefficient (Wildman–Crippen LogP) is 5.96. The number of amides is 1. The number of halogens is 3. The minimum Gasteiger partial charge on any atom is -0.506 e. The van der Waals surface area contributed by atoms with Gasteiger partial charge in [-0.25, -0.2) is 13.8 Å². The first kappa shape index (κ1) is 30.4. The lowest BCUT2D eigenvalue weighted by atomic mass is 9.91. The van der Waals surface area contributed by atoms with Crippen LogP contribution in [-0.4, -0.2) is 63.7 Å². The van der Waals surface area contributed by atoms with Gasteiger partial charge in [0.2, 0.25) is 5.91 Å². The van der Waals surface area contributed by atoms with E-state index in [0.29, 0.717) is 43.3 Å². The number of hydrogen-bond acceptors (Lipinski definition) is 6. The zero-order valence-corrected chi connectivity index (χ0v) is 24.8. The number of aromatic hydroxyl groups is 1. The average Bonchev–Trinajstić information content (AvgIpc) is 3.47. The first-order valence-electron chi connectivity index (χ1n) is 14.2. The van der Waals surface area contributed by atoms with E-state index < -0.39 is 17.0 Å². The molecule has 8 nitrogen and oxygen atoms in total. The summed E-state index contributed by atoms with van der Waals surface area (Å²) in [5, 5.41) is 13.6. The second-order valence-electron chi connectivity index (χ2n) is 11.4. The standard InChI is InChI=1S/C32H34ClF2N5O3/c1-32(2,31-38-28(20-9-11-36-12-10-20)29(39-31)21-5-7-24(33)27(41)16-21)19-37-30(42)22-4-3-13-40(18-22)14-15-43-23-6-8-25(34)26(35)17-23/h5-12,16-17,22,41H,3-4,13-15,18-19H2,1-2H3,(H,37,42)(H,38,39)/t22-/m1/s1. The summed E-state index contributed by atoms with van der Waals surface area (Å²) < 4.78 is 32.2. The molecule has 0 saturated carbocycles. The zero-order chi connectivity index (χ0) is 30.6. The molecule has 1 amide bonds. The topological polar surface area (TPSA) is 103 Å². The van der Waals surface area contributed by atoms with Crippen LogP contribution in [0.1, 0.15) is 32.5 Å². The van der Waals surface area contributed by atoms with Crippen LogP contribution < -0.4 is 10.1 Å². The quantitative estimate of drug-likeness (QED) is 0.205. The van der Waals surface area contributed by atoms with Crippen molar-refractivity contribution in [3.8, 4) is 34.0 Å². The summed E-state index contributed by atoms with van der Waals surface area (Å²) in [7, 11) is 0. The molecule has 1 atom stereocenters. The van der Waals surface area contributed by atoms with Gasteiger partial charge in [0.25, 0.3) is 0 Å². The lowest BCUT2D eigenvalue weighted by Gasteiger charge is -2.32. The van der Waals surface area contributed by atoms with Crippen LogP contribution in [0.15, 0.2) is 60.9 Å². The molecule has 0 spiro atoms. The summed E-state index contributed by atoms with van der Waals surface area (Å²) in [6.07, 6.45) is 5.06. The van der Waals surface area contributed by atoms with Crippen LogP contribution in [-0.2, 0) is 10.2 Å². The van der Waals surface area contributed by atoms with Gasteiger partial charge in [-0.1, -0.05) is 31.5 Å². The molecule has 11 heteroatoms. The third-order valence-electron chi connectivity index (χ3n) is 7.68. The number of pyridine rings is 1.